The molecule has 0 aliphatic heterocycles. The van der Waals surface area contributed by atoms with Crippen LogP contribution in [0.4, 0.5) is 0 Å². The summed E-state index contributed by atoms with van der Waals surface area (Å²) >= 11 is 1.64. The lowest BCUT2D eigenvalue weighted by atomic mass is 10.1. The first-order chi connectivity index (χ1) is 7.47. The summed E-state index contributed by atoms with van der Waals surface area (Å²) in [6.45, 7) is 9.10. The second-order valence-corrected chi connectivity index (χ2v) is 5.99. The van der Waals surface area contributed by atoms with E-state index in [9.17, 15) is 4.79 Å². The van der Waals surface area contributed by atoms with Gasteiger partial charge in [-0.2, -0.15) is 0 Å². The van der Waals surface area contributed by atoms with E-state index in [4.69, 9.17) is 5.73 Å². The number of amides is 1. The molecule has 96 valence electrons. The summed E-state index contributed by atoms with van der Waals surface area (Å²) in [4.78, 5) is 11.7. The zero-order chi connectivity index (χ0) is 12.6. The monoisotopic (exact) mass is 246 g/mol. The van der Waals surface area contributed by atoms with Gasteiger partial charge in [-0.15, -0.1) is 11.8 Å². The number of hydrogen-bond donors (Lipinski definition) is 2. The topological polar surface area (TPSA) is 55.1 Å². The van der Waals surface area contributed by atoms with Gasteiger partial charge < -0.3 is 11.1 Å². The Balaban J connectivity index is 3.65. The molecule has 0 bridgehead atoms. The number of hydrogen-bond acceptors (Lipinski definition) is 3. The third-order valence-electron chi connectivity index (χ3n) is 2.47. The summed E-state index contributed by atoms with van der Waals surface area (Å²) in [5.74, 6) is 1.63. The fourth-order valence-corrected chi connectivity index (χ4v) is 2.10. The highest BCUT2D eigenvalue weighted by Gasteiger charge is 2.13. The Bertz CT molecular complexity index is 197. The van der Waals surface area contributed by atoms with E-state index in [2.05, 4.69) is 26.1 Å². The van der Waals surface area contributed by atoms with Crippen molar-refractivity contribution < 1.29 is 4.79 Å². The minimum Gasteiger partial charge on any atom is -0.355 e. The molecule has 0 aromatic carbocycles. The quantitative estimate of drug-likeness (QED) is 0.689. The maximum absolute atomic E-state index is 11.7. The van der Waals surface area contributed by atoms with Crippen molar-refractivity contribution in [3.8, 4) is 0 Å². The van der Waals surface area contributed by atoms with Gasteiger partial charge >= 0.3 is 0 Å². The molecule has 4 heteroatoms. The lowest BCUT2D eigenvalue weighted by Gasteiger charge is -2.14. The lowest BCUT2D eigenvalue weighted by Crippen LogP contribution is -2.33. The summed E-state index contributed by atoms with van der Waals surface area (Å²) in [5, 5.41) is 2.96. The van der Waals surface area contributed by atoms with Crippen molar-refractivity contribution in [2.75, 3.05) is 12.3 Å². The lowest BCUT2D eigenvalue weighted by molar-refractivity contribution is -0.120. The zero-order valence-corrected chi connectivity index (χ0v) is 11.8. The zero-order valence-electron chi connectivity index (χ0n) is 11.0. The SMILES string of the molecule is CCC(N)CSC(C)C(=O)NCCC(C)C. The summed E-state index contributed by atoms with van der Waals surface area (Å²) in [5.41, 5.74) is 5.81. The molecule has 2 unspecified atom stereocenters. The molecule has 3 N–H and O–H groups in total. The normalized spacial score (nSPS) is 14.9. The molecular formula is C12H26N2OS. The minimum absolute atomic E-state index is 0.00441. The van der Waals surface area contributed by atoms with Crippen LogP contribution in [0.25, 0.3) is 0 Å². The Labute approximate surface area is 104 Å². The Morgan fingerprint density at radius 1 is 1.38 bits per heavy atom. The summed E-state index contributed by atoms with van der Waals surface area (Å²) in [7, 11) is 0. The molecule has 0 aromatic heterocycles. The molecule has 0 saturated heterocycles. The highest BCUT2D eigenvalue weighted by atomic mass is 32.2. The van der Waals surface area contributed by atoms with E-state index in [1.54, 1.807) is 11.8 Å². The van der Waals surface area contributed by atoms with E-state index in [0.29, 0.717) is 5.92 Å². The van der Waals surface area contributed by atoms with Crippen LogP contribution in [0.3, 0.4) is 0 Å². The molecule has 2 atom stereocenters. The first-order valence-corrected chi connectivity index (χ1v) is 7.17. The number of thioether (sulfide) groups is 1. The van der Waals surface area contributed by atoms with Gasteiger partial charge in [0.25, 0.3) is 0 Å². The second kappa shape index (κ2) is 8.88. The van der Waals surface area contributed by atoms with Crippen LogP contribution in [0.15, 0.2) is 0 Å². The number of rotatable bonds is 8. The molecule has 3 nitrogen and oxygen atoms in total. The Morgan fingerprint density at radius 2 is 2.00 bits per heavy atom. The maximum atomic E-state index is 11.7. The van der Waals surface area contributed by atoms with Crippen molar-refractivity contribution in [1.82, 2.24) is 5.32 Å². The summed E-state index contributed by atoms with van der Waals surface area (Å²) < 4.78 is 0. The van der Waals surface area contributed by atoms with E-state index in [1.807, 2.05) is 6.92 Å². The predicted octanol–water partition coefficient (Wildman–Crippen LogP) is 2.01. The van der Waals surface area contributed by atoms with Crippen LogP contribution in [0.2, 0.25) is 0 Å². The van der Waals surface area contributed by atoms with Crippen molar-refractivity contribution in [3.63, 3.8) is 0 Å². The van der Waals surface area contributed by atoms with Crippen LogP contribution < -0.4 is 11.1 Å². The summed E-state index contributed by atoms with van der Waals surface area (Å²) in [6, 6.07) is 0.205. The van der Waals surface area contributed by atoms with E-state index in [0.717, 1.165) is 25.1 Å². The van der Waals surface area contributed by atoms with Gasteiger partial charge in [0.15, 0.2) is 0 Å². The molecule has 0 heterocycles. The first-order valence-electron chi connectivity index (χ1n) is 6.12. The van der Waals surface area contributed by atoms with Gasteiger partial charge in [-0.05, 0) is 25.7 Å². The van der Waals surface area contributed by atoms with Gasteiger partial charge in [0.1, 0.15) is 0 Å². The van der Waals surface area contributed by atoms with E-state index >= 15 is 0 Å². The van der Waals surface area contributed by atoms with Crippen molar-refractivity contribution in [2.24, 2.45) is 11.7 Å². The minimum atomic E-state index is 0.00441. The largest absolute Gasteiger partial charge is 0.355 e. The van der Waals surface area contributed by atoms with Gasteiger partial charge in [0.05, 0.1) is 5.25 Å². The van der Waals surface area contributed by atoms with Crippen LogP contribution in [0.5, 0.6) is 0 Å². The molecule has 0 aromatic rings. The molecule has 0 aliphatic rings. The van der Waals surface area contributed by atoms with Crippen molar-refractivity contribution in [2.45, 2.75) is 51.8 Å². The van der Waals surface area contributed by atoms with Gasteiger partial charge in [0.2, 0.25) is 5.91 Å². The maximum Gasteiger partial charge on any atom is 0.232 e. The number of carbonyl (C=O) groups is 1. The van der Waals surface area contributed by atoms with Gasteiger partial charge in [-0.25, -0.2) is 0 Å². The Morgan fingerprint density at radius 3 is 2.50 bits per heavy atom. The van der Waals surface area contributed by atoms with E-state index in [-0.39, 0.29) is 17.2 Å². The molecule has 0 rings (SSSR count). The number of carbonyl (C=O) groups excluding carboxylic acids is 1. The average molecular weight is 246 g/mol. The Kier molecular flexibility index (Phi) is 8.76. The third-order valence-corrected chi connectivity index (χ3v) is 3.81. The van der Waals surface area contributed by atoms with Crippen molar-refractivity contribution >= 4 is 17.7 Å². The molecule has 0 spiro atoms. The van der Waals surface area contributed by atoms with Crippen molar-refractivity contribution in [3.05, 3.63) is 0 Å². The second-order valence-electron chi connectivity index (χ2n) is 4.62. The average Bonchev–Trinajstić information content (AvgIpc) is 2.24. The number of nitrogens with two attached hydrogens (primary N) is 1. The van der Waals surface area contributed by atoms with Crippen LogP contribution in [0.1, 0.15) is 40.5 Å². The standard InChI is InChI=1S/C12H26N2OS/c1-5-11(13)8-16-10(4)12(15)14-7-6-9(2)3/h9-11H,5-8,13H2,1-4H3,(H,14,15). The molecule has 0 radical (unpaired) electrons. The van der Waals surface area contributed by atoms with Gasteiger partial charge in [0, 0.05) is 18.3 Å². The molecule has 1 amide bonds. The van der Waals surface area contributed by atoms with Crippen molar-refractivity contribution in [1.29, 1.82) is 0 Å². The molecule has 0 aliphatic carbocycles. The first kappa shape index (κ1) is 15.8. The highest BCUT2D eigenvalue weighted by molar-refractivity contribution is 8.00. The smallest absolute Gasteiger partial charge is 0.232 e. The fraction of sp³-hybridized carbons (Fsp3) is 0.917. The fourth-order valence-electron chi connectivity index (χ4n) is 1.09. The predicted molar refractivity (Wildman–Crippen MR) is 72.7 cm³/mol. The molecule has 16 heavy (non-hydrogen) atoms. The Hall–Kier alpha value is -0.220. The number of nitrogens with one attached hydrogen (secondary N) is 1. The van der Waals surface area contributed by atoms with Crippen LogP contribution in [0, 0.1) is 5.92 Å². The van der Waals surface area contributed by atoms with Crippen LogP contribution in [-0.4, -0.2) is 29.5 Å². The van der Waals surface area contributed by atoms with E-state index < -0.39 is 0 Å². The van der Waals surface area contributed by atoms with Crippen LogP contribution >= 0.6 is 11.8 Å². The molecular weight excluding hydrogens is 220 g/mol. The van der Waals surface area contributed by atoms with Gasteiger partial charge in [-0.3, -0.25) is 4.79 Å². The highest BCUT2D eigenvalue weighted by Crippen LogP contribution is 2.12. The van der Waals surface area contributed by atoms with Crippen LogP contribution in [-0.2, 0) is 4.79 Å². The van der Waals surface area contributed by atoms with Gasteiger partial charge in [-0.1, -0.05) is 20.8 Å². The molecule has 0 saturated carbocycles. The van der Waals surface area contributed by atoms with E-state index in [1.165, 1.54) is 0 Å². The summed E-state index contributed by atoms with van der Waals surface area (Å²) in [6.07, 6.45) is 2.01. The molecule has 0 fully saturated rings. The third kappa shape index (κ3) is 7.99.